The van der Waals surface area contributed by atoms with E-state index < -0.39 is 0 Å². The Morgan fingerprint density at radius 2 is 1.86 bits per heavy atom. The Labute approximate surface area is 131 Å². The lowest BCUT2D eigenvalue weighted by atomic mass is 10.2. The zero-order valence-corrected chi connectivity index (χ0v) is 13.2. The predicted octanol–water partition coefficient (Wildman–Crippen LogP) is 3.25. The Kier molecular flexibility index (Phi) is 5.16. The van der Waals surface area contributed by atoms with E-state index in [1.54, 1.807) is 18.3 Å². The molecule has 2 rings (SSSR count). The van der Waals surface area contributed by atoms with Crippen molar-refractivity contribution in [3.63, 3.8) is 0 Å². The van der Waals surface area contributed by atoms with E-state index in [-0.39, 0.29) is 6.61 Å². The zero-order valence-electron chi connectivity index (χ0n) is 11.6. The van der Waals surface area contributed by atoms with Crippen molar-refractivity contribution in [2.45, 2.75) is 6.61 Å². The van der Waals surface area contributed by atoms with Gasteiger partial charge in [-0.1, -0.05) is 0 Å². The molecular weight excluding hydrogens is 338 g/mol. The number of carbonyl (C=O) groups excluding carboxylic acids is 1. The topological polar surface area (TPSA) is 57.7 Å². The molecule has 1 heterocycles. The SMILES string of the molecule is COc1cc(C=O)cc(OC)c1OCc1ccc(Br)cn1. The molecule has 1 aromatic heterocycles. The number of carbonyl (C=O) groups is 1. The van der Waals surface area contributed by atoms with Crippen LogP contribution in [0.25, 0.3) is 0 Å². The molecule has 0 atom stereocenters. The molecule has 0 aliphatic carbocycles. The monoisotopic (exact) mass is 351 g/mol. The first-order valence-corrected chi connectivity index (χ1v) is 6.91. The Bertz CT molecular complexity index is 603. The molecule has 0 spiro atoms. The maximum atomic E-state index is 10.9. The van der Waals surface area contributed by atoms with Crippen molar-refractivity contribution < 1.29 is 19.0 Å². The van der Waals surface area contributed by atoms with Crippen molar-refractivity contribution in [1.82, 2.24) is 4.98 Å². The van der Waals surface area contributed by atoms with Gasteiger partial charge in [-0.15, -0.1) is 0 Å². The van der Waals surface area contributed by atoms with Crippen LogP contribution >= 0.6 is 15.9 Å². The lowest BCUT2D eigenvalue weighted by molar-refractivity contribution is 0.112. The summed E-state index contributed by atoms with van der Waals surface area (Å²) in [5.74, 6) is 1.32. The highest BCUT2D eigenvalue weighted by atomic mass is 79.9. The minimum absolute atomic E-state index is 0.264. The third-order valence-corrected chi connectivity index (χ3v) is 3.24. The maximum absolute atomic E-state index is 10.9. The molecule has 0 radical (unpaired) electrons. The summed E-state index contributed by atoms with van der Waals surface area (Å²) in [6.07, 6.45) is 2.42. The Balaban J connectivity index is 2.25. The largest absolute Gasteiger partial charge is 0.493 e. The molecular formula is C15H14BrNO4. The number of rotatable bonds is 6. The number of benzene rings is 1. The number of halogens is 1. The first-order valence-electron chi connectivity index (χ1n) is 6.12. The van der Waals surface area contributed by atoms with Crippen LogP contribution in [0.4, 0.5) is 0 Å². The van der Waals surface area contributed by atoms with Gasteiger partial charge in [0.15, 0.2) is 11.5 Å². The molecule has 1 aromatic carbocycles. The van der Waals surface area contributed by atoms with Crippen LogP contribution in [0.3, 0.4) is 0 Å². The Morgan fingerprint density at radius 1 is 1.19 bits per heavy atom. The average molecular weight is 352 g/mol. The van der Waals surface area contributed by atoms with Gasteiger partial charge in [-0.2, -0.15) is 0 Å². The predicted molar refractivity (Wildman–Crippen MR) is 81.2 cm³/mol. The summed E-state index contributed by atoms with van der Waals surface area (Å²) in [7, 11) is 3.02. The van der Waals surface area contributed by atoms with Crippen LogP contribution < -0.4 is 14.2 Å². The highest BCUT2D eigenvalue weighted by molar-refractivity contribution is 9.10. The van der Waals surface area contributed by atoms with E-state index >= 15 is 0 Å². The molecule has 0 saturated heterocycles. The number of nitrogens with zero attached hydrogens (tertiary/aromatic N) is 1. The quantitative estimate of drug-likeness (QED) is 0.747. The van der Waals surface area contributed by atoms with Gasteiger partial charge in [-0.3, -0.25) is 9.78 Å². The van der Waals surface area contributed by atoms with Crippen LogP contribution in [0, 0.1) is 0 Å². The summed E-state index contributed by atoms with van der Waals surface area (Å²) in [5, 5.41) is 0. The molecule has 2 aromatic rings. The van der Waals surface area contributed by atoms with Gasteiger partial charge in [0.2, 0.25) is 5.75 Å². The second-order valence-electron chi connectivity index (χ2n) is 4.13. The molecule has 0 N–H and O–H groups in total. The van der Waals surface area contributed by atoms with Crippen LogP contribution in [-0.4, -0.2) is 25.5 Å². The second-order valence-corrected chi connectivity index (χ2v) is 5.04. The van der Waals surface area contributed by atoms with Crippen molar-refractivity contribution >= 4 is 22.2 Å². The van der Waals surface area contributed by atoms with Gasteiger partial charge < -0.3 is 14.2 Å². The molecule has 0 aliphatic rings. The standard InChI is InChI=1S/C15H14BrNO4/c1-19-13-5-10(8-18)6-14(20-2)15(13)21-9-12-4-3-11(16)7-17-12/h3-8H,9H2,1-2H3. The smallest absolute Gasteiger partial charge is 0.203 e. The highest BCUT2D eigenvalue weighted by Gasteiger charge is 2.14. The van der Waals surface area contributed by atoms with E-state index in [0.29, 0.717) is 22.8 Å². The summed E-state index contributed by atoms with van der Waals surface area (Å²) in [6.45, 7) is 0.264. The van der Waals surface area contributed by atoms with Gasteiger partial charge in [0.25, 0.3) is 0 Å². The summed E-state index contributed by atoms with van der Waals surface area (Å²) in [4.78, 5) is 15.1. The maximum Gasteiger partial charge on any atom is 0.203 e. The molecule has 0 amide bonds. The Hall–Kier alpha value is -2.08. The number of aromatic nitrogens is 1. The molecule has 0 saturated carbocycles. The number of ether oxygens (including phenoxy) is 3. The lowest BCUT2D eigenvalue weighted by Gasteiger charge is -2.14. The molecule has 0 fully saturated rings. The Morgan fingerprint density at radius 3 is 2.33 bits per heavy atom. The first kappa shape index (κ1) is 15.3. The molecule has 110 valence electrons. The van der Waals surface area contributed by atoms with Crippen molar-refractivity contribution in [2.24, 2.45) is 0 Å². The van der Waals surface area contributed by atoms with E-state index in [9.17, 15) is 4.79 Å². The van der Waals surface area contributed by atoms with Gasteiger partial charge in [-0.05, 0) is 40.2 Å². The first-order chi connectivity index (χ1) is 10.2. The van der Waals surface area contributed by atoms with Crippen molar-refractivity contribution in [1.29, 1.82) is 0 Å². The fourth-order valence-corrected chi connectivity index (χ4v) is 1.98. The lowest BCUT2D eigenvalue weighted by Crippen LogP contribution is -2.02. The fraction of sp³-hybridized carbons (Fsp3) is 0.200. The van der Waals surface area contributed by atoms with Crippen LogP contribution in [0.5, 0.6) is 17.2 Å². The van der Waals surface area contributed by atoms with Crippen LogP contribution in [-0.2, 0) is 6.61 Å². The molecule has 5 nitrogen and oxygen atoms in total. The molecule has 21 heavy (non-hydrogen) atoms. The minimum atomic E-state index is 0.264. The normalized spacial score (nSPS) is 10.0. The van der Waals surface area contributed by atoms with Gasteiger partial charge in [-0.25, -0.2) is 0 Å². The summed E-state index contributed by atoms with van der Waals surface area (Å²) >= 11 is 3.33. The van der Waals surface area contributed by atoms with Crippen molar-refractivity contribution in [3.05, 3.63) is 46.2 Å². The number of pyridine rings is 1. The van der Waals surface area contributed by atoms with E-state index in [1.807, 2.05) is 12.1 Å². The van der Waals surface area contributed by atoms with Crippen LogP contribution in [0.15, 0.2) is 34.9 Å². The number of methoxy groups -OCH3 is 2. The van der Waals surface area contributed by atoms with Crippen LogP contribution in [0.2, 0.25) is 0 Å². The minimum Gasteiger partial charge on any atom is -0.493 e. The summed E-state index contributed by atoms with van der Waals surface area (Å²) in [5.41, 5.74) is 1.22. The van der Waals surface area contributed by atoms with E-state index in [0.717, 1.165) is 16.5 Å². The van der Waals surface area contributed by atoms with E-state index in [1.165, 1.54) is 14.2 Å². The molecule has 6 heteroatoms. The second kappa shape index (κ2) is 7.08. The molecule has 0 bridgehead atoms. The third kappa shape index (κ3) is 3.72. The van der Waals surface area contributed by atoms with Gasteiger partial charge >= 0.3 is 0 Å². The fourth-order valence-electron chi connectivity index (χ4n) is 1.75. The zero-order chi connectivity index (χ0) is 15.2. The number of hydrogen-bond acceptors (Lipinski definition) is 5. The van der Waals surface area contributed by atoms with Crippen molar-refractivity contribution in [3.8, 4) is 17.2 Å². The highest BCUT2D eigenvalue weighted by Crippen LogP contribution is 2.38. The third-order valence-electron chi connectivity index (χ3n) is 2.77. The van der Waals surface area contributed by atoms with Gasteiger partial charge in [0, 0.05) is 16.2 Å². The van der Waals surface area contributed by atoms with Gasteiger partial charge in [0.05, 0.1) is 19.9 Å². The van der Waals surface area contributed by atoms with E-state index in [4.69, 9.17) is 14.2 Å². The van der Waals surface area contributed by atoms with Crippen molar-refractivity contribution in [2.75, 3.05) is 14.2 Å². The summed E-state index contributed by atoms with van der Waals surface area (Å²) < 4.78 is 17.1. The molecule has 0 aliphatic heterocycles. The summed E-state index contributed by atoms with van der Waals surface area (Å²) in [6, 6.07) is 6.93. The average Bonchev–Trinajstić information content (AvgIpc) is 2.53. The van der Waals surface area contributed by atoms with Gasteiger partial charge in [0.1, 0.15) is 12.9 Å². The molecule has 0 unspecified atom stereocenters. The number of hydrogen-bond donors (Lipinski definition) is 0. The van der Waals surface area contributed by atoms with Crippen LogP contribution in [0.1, 0.15) is 16.1 Å². The van der Waals surface area contributed by atoms with E-state index in [2.05, 4.69) is 20.9 Å². The number of aldehydes is 1.